The van der Waals surface area contributed by atoms with Gasteiger partial charge < -0.3 is 10.6 Å². The van der Waals surface area contributed by atoms with Crippen LogP contribution in [-0.2, 0) is 4.79 Å². The number of anilines is 2. The lowest BCUT2D eigenvalue weighted by molar-refractivity contribution is -0.115. The maximum absolute atomic E-state index is 12.8. The number of rotatable bonds is 7. The van der Waals surface area contributed by atoms with Gasteiger partial charge in [0.2, 0.25) is 5.91 Å². The lowest BCUT2D eigenvalue weighted by atomic mass is 10.1. The van der Waals surface area contributed by atoms with E-state index in [0.29, 0.717) is 17.7 Å². The fourth-order valence-electron chi connectivity index (χ4n) is 3.09. The van der Waals surface area contributed by atoms with Crippen LogP contribution >= 0.6 is 11.8 Å². The highest BCUT2D eigenvalue weighted by Gasteiger charge is 2.19. The van der Waals surface area contributed by atoms with Gasteiger partial charge in [0.15, 0.2) is 0 Å². The van der Waals surface area contributed by atoms with Crippen molar-refractivity contribution in [1.29, 1.82) is 0 Å². The molecule has 30 heavy (non-hydrogen) atoms. The van der Waals surface area contributed by atoms with Gasteiger partial charge in [-0.15, -0.1) is 11.8 Å². The van der Waals surface area contributed by atoms with E-state index in [1.807, 2.05) is 93.6 Å². The molecule has 5 heteroatoms. The fourth-order valence-corrected chi connectivity index (χ4v) is 4.10. The molecule has 3 rings (SSSR count). The van der Waals surface area contributed by atoms with Crippen molar-refractivity contribution in [2.24, 2.45) is 0 Å². The molecule has 1 unspecified atom stereocenters. The van der Waals surface area contributed by atoms with Crippen LogP contribution in [0.5, 0.6) is 0 Å². The zero-order valence-corrected chi connectivity index (χ0v) is 18.3. The van der Waals surface area contributed by atoms with Crippen LogP contribution in [0, 0.1) is 13.8 Å². The number of para-hydroxylation sites is 1. The molecule has 154 valence electrons. The van der Waals surface area contributed by atoms with Gasteiger partial charge in [-0.25, -0.2) is 0 Å². The first-order chi connectivity index (χ1) is 14.5. The van der Waals surface area contributed by atoms with Crippen LogP contribution in [0.15, 0.2) is 77.7 Å². The molecule has 0 aliphatic heterocycles. The van der Waals surface area contributed by atoms with Crippen molar-refractivity contribution in [3.63, 3.8) is 0 Å². The molecule has 0 saturated heterocycles. The molecular weight excluding hydrogens is 392 g/mol. The maximum atomic E-state index is 12.8. The Morgan fingerprint density at radius 2 is 1.57 bits per heavy atom. The maximum Gasteiger partial charge on any atom is 0.255 e. The molecule has 0 bridgehead atoms. The summed E-state index contributed by atoms with van der Waals surface area (Å²) < 4.78 is 0. The van der Waals surface area contributed by atoms with E-state index in [1.165, 1.54) is 11.8 Å². The van der Waals surface area contributed by atoms with Crippen molar-refractivity contribution in [1.82, 2.24) is 0 Å². The van der Waals surface area contributed by atoms with Crippen LogP contribution < -0.4 is 10.6 Å². The predicted octanol–water partition coefficient (Wildman–Crippen LogP) is 6.07. The third-order valence-corrected chi connectivity index (χ3v) is 6.18. The number of carbonyl (C=O) groups excluding carboxylic acids is 2. The second-order valence-electron chi connectivity index (χ2n) is 7.12. The molecule has 2 N–H and O–H groups in total. The zero-order chi connectivity index (χ0) is 21.5. The molecule has 0 aliphatic carbocycles. The Labute approximate surface area is 182 Å². The van der Waals surface area contributed by atoms with Gasteiger partial charge >= 0.3 is 0 Å². The summed E-state index contributed by atoms with van der Waals surface area (Å²) in [6.07, 6.45) is 0.697. The van der Waals surface area contributed by atoms with Crippen molar-refractivity contribution < 1.29 is 9.59 Å². The minimum absolute atomic E-state index is 0.0221. The number of hydrogen-bond acceptors (Lipinski definition) is 3. The summed E-state index contributed by atoms with van der Waals surface area (Å²) in [5, 5.41) is 5.75. The molecule has 0 aliphatic rings. The molecule has 0 saturated carbocycles. The van der Waals surface area contributed by atoms with Crippen LogP contribution in [0.4, 0.5) is 11.4 Å². The van der Waals surface area contributed by atoms with Crippen LogP contribution in [-0.4, -0.2) is 17.1 Å². The molecule has 0 spiro atoms. The molecule has 1 atom stereocenters. The summed E-state index contributed by atoms with van der Waals surface area (Å²) in [5.74, 6) is -0.161. The number of thioether (sulfide) groups is 1. The van der Waals surface area contributed by atoms with Crippen molar-refractivity contribution in [3.05, 3.63) is 89.5 Å². The van der Waals surface area contributed by atoms with Gasteiger partial charge in [0.05, 0.1) is 5.25 Å². The zero-order valence-electron chi connectivity index (χ0n) is 17.4. The lowest BCUT2D eigenvalue weighted by Gasteiger charge is -2.16. The minimum atomic E-state index is -0.230. The average Bonchev–Trinajstić information content (AvgIpc) is 2.74. The van der Waals surface area contributed by atoms with Gasteiger partial charge in [0.1, 0.15) is 0 Å². The largest absolute Gasteiger partial charge is 0.325 e. The van der Waals surface area contributed by atoms with Crippen LogP contribution in [0.1, 0.15) is 34.8 Å². The second kappa shape index (κ2) is 10.1. The SMILES string of the molecule is CCC(Sc1cccc(NC(=O)c2ccccc2C)c1)C(=O)Nc1ccccc1C. The molecule has 3 aromatic rings. The quantitative estimate of drug-likeness (QED) is 0.458. The first-order valence-corrected chi connectivity index (χ1v) is 10.9. The standard InChI is InChI=1S/C25H26N2O2S/c1-4-23(25(29)27-22-15-8-6-11-18(22)3)30-20-13-9-12-19(16-20)26-24(28)21-14-7-5-10-17(21)2/h5-16,23H,4H2,1-3H3,(H,26,28)(H,27,29). The molecular formula is C25H26N2O2S. The summed E-state index contributed by atoms with van der Waals surface area (Å²) in [6.45, 7) is 5.89. The molecule has 0 fully saturated rings. The minimum Gasteiger partial charge on any atom is -0.325 e. The van der Waals surface area contributed by atoms with E-state index < -0.39 is 0 Å². The first kappa shape index (κ1) is 21.7. The predicted molar refractivity (Wildman–Crippen MR) is 125 cm³/mol. The normalized spacial score (nSPS) is 11.6. The van der Waals surface area contributed by atoms with Gasteiger partial charge in [-0.05, 0) is 61.7 Å². The average molecular weight is 419 g/mol. The fraction of sp³-hybridized carbons (Fsp3) is 0.200. The smallest absolute Gasteiger partial charge is 0.255 e. The summed E-state index contributed by atoms with van der Waals surface area (Å²) in [7, 11) is 0. The van der Waals surface area contributed by atoms with Gasteiger partial charge in [-0.3, -0.25) is 9.59 Å². The monoisotopic (exact) mass is 418 g/mol. The third-order valence-electron chi connectivity index (χ3n) is 4.83. The topological polar surface area (TPSA) is 58.2 Å². The van der Waals surface area contributed by atoms with Crippen molar-refractivity contribution in [3.8, 4) is 0 Å². The van der Waals surface area contributed by atoms with Gasteiger partial charge in [-0.1, -0.05) is 49.4 Å². The summed E-state index contributed by atoms with van der Waals surface area (Å²) in [5.41, 5.74) is 4.16. The Kier molecular flexibility index (Phi) is 7.31. The van der Waals surface area contributed by atoms with Gasteiger partial charge in [-0.2, -0.15) is 0 Å². The molecule has 3 aromatic carbocycles. The van der Waals surface area contributed by atoms with Gasteiger partial charge in [0.25, 0.3) is 5.91 Å². The van der Waals surface area contributed by atoms with E-state index >= 15 is 0 Å². The third kappa shape index (κ3) is 5.51. The molecule has 2 amide bonds. The summed E-state index contributed by atoms with van der Waals surface area (Å²) in [6, 6.07) is 22.9. The number of nitrogens with one attached hydrogen (secondary N) is 2. The molecule has 0 heterocycles. The highest BCUT2D eigenvalue weighted by molar-refractivity contribution is 8.00. The van der Waals surface area contributed by atoms with Crippen molar-refractivity contribution in [2.75, 3.05) is 10.6 Å². The van der Waals surface area contributed by atoms with Crippen LogP contribution in [0.3, 0.4) is 0 Å². The van der Waals surface area contributed by atoms with E-state index in [0.717, 1.165) is 21.7 Å². The van der Waals surface area contributed by atoms with E-state index in [4.69, 9.17) is 0 Å². The van der Waals surface area contributed by atoms with Crippen molar-refractivity contribution in [2.45, 2.75) is 37.3 Å². The van der Waals surface area contributed by atoms with E-state index in [1.54, 1.807) is 0 Å². The first-order valence-electron chi connectivity index (χ1n) is 9.98. The summed E-state index contributed by atoms with van der Waals surface area (Å²) in [4.78, 5) is 26.3. The number of hydrogen-bond donors (Lipinski definition) is 2. The Balaban J connectivity index is 1.68. The highest BCUT2D eigenvalue weighted by atomic mass is 32.2. The Morgan fingerprint density at radius 3 is 2.27 bits per heavy atom. The molecule has 0 radical (unpaired) electrons. The Hall–Kier alpha value is -3.05. The van der Waals surface area contributed by atoms with Crippen LogP contribution in [0.2, 0.25) is 0 Å². The van der Waals surface area contributed by atoms with E-state index in [-0.39, 0.29) is 17.1 Å². The van der Waals surface area contributed by atoms with Crippen LogP contribution in [0.25, 0.3) is 0 Å². The van der Waals surface area contributed by atoms with E-state index in [9.17, 15) is 9.59 Å². The summed E-state index contributed by atoms with van der Waals surface area (Å²) >= 11 is 1.50. The van der Waals surface area contributed by atoms with E-state index in [2.05, 4.69) is 10.6 Å². The Bertz CT molecular complexity index is 1050. The second-order valence-corrected chi connectivity index (χ2v) is 8.39. The number of aryl methyl sites for hydroxylation is 2. The number of benzene rings is 3. The van der Waals surface area contributed by atoms with Crippen molar-refractivity contribution >= 4 is 35.0 Å². The number of carbonyl (C=O) groups is 2. The molecule has 4 nitrogen and oxygen atoms in total. The highest BCUT2D eigenvalue weighted by Crippen LogP contribution is 2.29. The Morgan fingerprint density at radius 1 is 0.867 bits per heavy atom. The molecule has 0 aromatic heterocycles. The lowest BCUT2D eigenvalue weighted by Crippen LogP contribution is -2.24. The number of amides is 2. The van der Waals surface area contributed by atoms with Gasteiger partial charge in [0, 0.05) is 21.8 Å².